The third kappa shape index (κ3) is 4.43. The smallest absolute Gasteiger partial charge is 0.420 e. The van der Waals surface area contributed by atoms with Gasteiger partial charge in [-0.25, -0.2) is 0 Å². The second-order valence-corrected chi connectivity index (χ2v) is 7.31. The van der Waals surface area contributed by atoms with E-state index in [9.17, 15) is 18.0 Å². The van der Waals surface area contributed by atoms with E-state index in [0.717, 1.165) is 22.2 Å². The van der Waals surface area contributed by atoms with E-state index in [-0.39, 0.29) is 22.9 Å². The Morgan fingerprint density at radius 3 is 2.62 bits per heavy atom. The molecular formula is C23H13ClF3N3O2. The highest BCUT2D eigenvalue weighted by atomic mass is 35.5. The standard InChI is InChI=1S/C23H13ClF3N3O2/c24-16-9-14(12-28)10-18(11-16)32-21-19(23(25,26)27)7-8-30(22(21)31)13-17-6-5-15-3-1-2-4-20(15)29-17/h1-11H,13H2. The van der Waals surface area contributed by atoms with E-state index in [0.29, 0.717) is 11.2 Å². The van der Waals surface area contributed by atoms with Crippen molar-refractivity contribution < 1.29 is 17.9 Å². The van der Waals surface area contributed by atoms with Gasteiger partial charge in [-0.2, -0.15) is 18.4 Å². The van der Waals surface area contributed by atoms with Crippen molar-refractivity contribution in [2.24, 2.45) is 0 Å². The second kappa shape index (κ2) is 8.36. The van der Waals surface area contributed by atoms with E-state index < -0.39 is 23.0 Å². The molecule has 4 aromatic rings. The van der Waals surface area contributed by atoms with Crippen molar-refractivity contribution in [3.63, 3.8) is 0 Å². The van der Waals surface area contributed by atoms with Crippen LogP contribution in [-0.2, 0) is 12.7 Å². The number of hydrogen-bond donors (Lipinski definition) is 0. The van der Waals surface area contributed by atoms with Gasteiger partial charge in [0.1, 0.15) is 11.3 Å². The Bertz CT molecular complexity index is 1420. The van der Waals surface area contributed by atoms with Gasteiger partial charge in [-0.15, -0.1) is 0 Å². The number of halogens is 4. The number of alkyl halides is 3. The van der Waals surface area contributed by atoms with E-state index in [1.165, 1.54) is 18.2 Å². The number of fused-ring (bicyclic) bond motifs is 1. The van der Waals surface area contributed by atoms with Crippen LogP contribution in [0.25, 0.3) is 10.9 Å². The number of pyridine rings is 2. The third-order valence-corrected chi connectivity index (χ3v) is 4.85. The maximum atomic E-state index is 13.6. The third-order valence-electron chi connectivity index (χ3n) is 4.64. The van der Waals surface area contributed by atoms with Gasteiger partial charge in [0.2, 0.25) is 5.75 Å². The molecule has 0 saturated carbocycles. The number of ether oxygens (including phenoxy) is 1. The Kier molecular flexibility index (Phi) is 5.59. The molecule has 0 amide bonds. The van der Waals surface area contributed by atoms with Crippen LogP contribution in [0.15, 0.2) is 71.7 Å². The first-order chi connectivity index (χ1) is 15.2. The number of nitriles is 1. The van der Waals surface area contributed by atoms with Crippen molar-refractivity contribution in [3.05, 3.63) is 99.1 Å². The lowest BCUT2D eigenvalue weighted by Crippen LogP contribution is -2.25. The van der Waals surface area contributed by atoms with Crippen LogP contribution in [0.1, 0.15) is 16.8 Å². The number of para-hydroxylation sites is 1. The van der Waals surface area contributed by atoms with Crippen LogP contribution in [0.3, 0.4) is 0 Å². The second-order valence-electron chi connectivity index (χ2n) is 6.87. The van der Waals surface area contributed by atoms with Crippen molar-refractivity contribution in [1.29, 1.82) is 5.26 Å². The van der Waals surface area contributed by atoms with E-state index in [4.69, 9.17) is 21.6 Å². The van der Waals surface area contributed by atoms with Crippen LogP contribution in [0.2, 0.25) is 5.02 Å². The first kappa shape index (κ1) is 21.4. The molecule has 5 nitrogen and oxygen atoms in total. The lowest BCUT2D eigenvalue weighted by atomic mass is 10.2. The van der Waals surface area contributed by atoms with Crippen molar-refractivity contribution in [2.45, 2.75) is 12.7 Å². The molecule has 0 bridgehead atoms. The molecular weight excluding hydrogens is 443 g/mol. The molecule has 2 heterocycles. The molecule has 9 heteroatoms. The molecule has 0 radical (unpaired) electrons. The summed E-state index contributed by atoms with van der Waals surface area (Å²) in [6, 6.07) is 17.2. The molecule has 0 spiro atoms. The summed E-state index contributed by atoms with van der Waals surface area (Å²) in [5, 5.41) is 10.0. The largest absolute Gasteiger partial charge is 0.451 e. The highest BCUT2D eigenvalue weighted by molar-refractivity contribution is 6.30. The molecule has 0 saturated heterocycles. The molecule has 0 aliphatic carbocycles. The van der Waals surface area contributed by atoms with Crippen LogP contribution < -0.4 is 10.3 Å². The topological polar surface area (TPSA) is 67.9 Å². The number of rotatable bonds is 4. The molecule has 2 aromatic heterocycles. The summed E-state index contributed by atoms with van der Waals surface area (Å²) in [7, 11) is 0. The van der Waals surface area contributed by atoms with Gasteiger partial charge >= 0.3 is 6.18 Å². The molecule has 0 unspecified atom stereocenters. The normalized spacial score (nSPS) is 11.3. The van der Waals surface area contributed by atoms with Crippen molar-refractivity contribution in [3.8, 4) is 17.6 Å². The summed E-state index contributed by atoms with van der Waals surface area (Å²) in [6.07, 6.45) is -3.78. The van der Waals surface area contributed by atoms with E-state index in [1.54, 1.807) is 12.1 Å². The van der Waals surface area contributed by atoms with Gasteiger partial charge in [0.15, 0.2) is 0 Å². The fourth-order valence-electron chi connectivity index (χ4n) is 3.17. The first-order valence-corrected chi connectivity index (χ1v) is 9.66. The van der Waals surface area contributed by atoms with E-state index >= 15 is 0 Å². The minimum atomic E-state index is -4.83. The fourth-order valence-corrected chi connectivity index (χ4v) is 3.40. The van der Waals surface area contributed by atoms with Gasteiger partial charge in [-0.05, 0) is 36.4 Å². The highest BCUT2D eigenvalue weighted by Crippen LogP contribution is 2.36. The van der Waals surface area contributed by atoms with Gasteiger partial charge in [-0.3, -0.25) is 9.78 Å². The Hall–Kier alpha value is -3.83. The quantitative estimate of drug-likeness (QED) is 0.391. The monoisotopic (exact) mass is 455 g/mol. The van der Waals surface area contributed by atoms with Gasteiger partial charge in [0, 0.05) is 16.6 Å². The van der Waals surface area contributed by atoms with Gasteiger partial charge in [0.25, 0.3) is 5.56 Å². The predicted octanol–water partition coefficient (Wildman–Crippen LogP) is 5.78. The van der Waals surface area contributed by atoms with Crippen LogP contribution in [0, 0.1) is 11.3 Å². The molecule has 4 rings (SSSR count). The SMILES string of the molecule is N#Cc1cc(Cl)cc(Oc2c(C(F)(F)F)ccn(Cc3ccc4ccccc4n3)c2=O)c1. The maximum absolute atomic E-state index is 13.6. The molecule has 0 N–H and O–H groups in total. The fraction of sp³-hybridized carbons (Fsp3) is 0.0870. The van der Waals surface area contributed by atoms with Crippen LogP contribution in [-0.4, -0.2) is 9.55 Å². The zero-order chi connectivity index (χ0) is 22.9. The average molecular weight is 456 g/mol. The Morgan fingerprint density at radius 1 is 1.09 bits per heavy atom. The summed E-state index contributed by atoms with van der Waals surface area (Å²) in [5.74, 6) is -1.06. The molecule has 0 aliphatic rings. The summed E-state index contributed by atoms with van der Waals surface area (Å²) in [5.41, 5.74) is -0.954. The lowest BCUT2D eigenvalue weighted by molar-refractivity contribution is -0.138. The summed E-state index contributed by atoms with van der Waals surface area (Å²) in [4.78, 5) is 17.4. The van der Waals surface area contributed by atoms with Crippen molar-refractivity contribution in [2.75, 3.05) is 0 Å². The van der Waals surface area contributed by atoms with Crippen molar-refractivity contribution >= 4 is 22.5 Å². The summed E-state index contributed by atoms with van der Waals surface area (Å²) >= 11 is 5.91. The Labute approximate surface area is 184 Å². The predicted molar refractivity (Wildman–Crippen MR) is 113 cm³/mol. The van der Waals surface area contributed by atoms with Gasteiger partial charge < -0.3 is 9.30 Å². The zero-order valence-corrected chi connectivity index (χ0v) is 17.0. The van der Waals surface area contributed by atoms with Crippen LogP contribution >= 0.6 is 11.6 Å². The number of hydrogen-bond acceptors (Lipinski definition) is 4. The van der Waals surface area contributed by atoms with Crippen LogP contribution in [0.4, 0.5) is 13.2 Å². The number of aromatic nitrogens is 2. The minimum Gasteiger partial charge on any atom is -0.451 e. The average Bonchev–Trinajstić information content (AvgIpc) is 2.75. The van der Waals surface area contributed by atoms with Crippen molar-refractivity contribution in [1.82, 2.24) is 9.55 Å². The molecule has 0 aliphatic heterocycles. The number of nitrogens with zero attached hydrogens (tertiary/aromatic N) is 3. The van der Waals surface area contributed by atoms with E-state index in [2.05, 4.69) is 4.98 Å². The van der Waals surface area contributed by atoms with Crippen LogP contribution in [0.5, 0.6) is 11.5 Å². The maximum Gasteiger partial charge on any atom is 0.420 e. The minimum absolute atomic E-state index is 0.0584. The van der Waals surface area contributed by atoms with E-state index in [1.807, 2.05) is 30.3 Å². The Morgan fingerprint density at radius 2 is 1.88 bits per heavy atom. The van der Waals surface area contributed by atoms with Gasteiger partial charge in [0.05, 0.1) is 29.4 Å². The lowest BCUT2D eigenvalue weighted by Gasteiger charge is -2.16. The summed E-state index contributed by atoms with van der Waals surface area (Å²) < 4.78 is 47.1. The Balaban J connectivity index is 1.77. The summed E-state index contributed by atoms with van der Waals surface area (Å²) in [6.45, 7) is -0.0584. The molecule has 0 fully saturated rings. The first-order valence-electron chi connectivity index (χ1n) is 9.28. The number of benzene rings is 2. The molecule has 32 heavy (non-hydrogen) atoms. The zero-order valence-electron chi connectivity index (χ0n) is 16.2. The molecule has 160 valence electrons. The molecule has 2 aromatic carbocycles. The molecule has 0 atom stereocenters. The highest BCUT2D eigenvalue weighted by Gasteiger charge is 2.36. The van der Waals surface area contributed by atoms with Gasteiger partial charge in [-0.1, -0.05) is 35.9 Å².